The number of hydrogen-bond donors (Lipinski definition) is 0. The topological polar surface area (TPSA) is 43.4 Å². The van der Waals surface area contributed by atoms with Gasteiger partial charge < -0.3 is 4.74 Å². The van der Waals surface area contributed by atoms with Crippen molar-refractivity contribution in [3.63, 3.8) is 0 Å². The molecule has 1 aliphatic carbocycles. The largest absolute Gasteiger partial charge is 0.386 e. The second kappa shape index (κ2) is 7.12. The first-order valence-corrected chi connectivity index (χ1v) is 9.09. The van der Waals surface area contributed by atoms with Crippen molar-refractivity contribution < 1.29 is 14.3 Å². The maximum absolute atomic E-state index is 12.7. The van der Waals surface area contributed by atoms with E-state index in [1.54, 1.807) is 0 Å². The summed E-state index contributed by atoms with van der Waals surface area (Å²) >= 11 is 0. The van der Waals surface area contributed by atoms with Crippen molar-refractivity contribution in [2.24, 2.45) is 0 Å². The minimum absolute atomic E-state index is 0.421. The Balaban J connectivity index is 2.01. The van der Waals surface area contributed by atoms with E-state index in [-0.39, 0.29) is 0 Å². The summed E-state index contributed by atoms with van der Waals surface area (Å²) in [6, 6.07) is 19.5. The quantitative estimate of drug-likeness (QED) is 0.445. The third-order valence-corrected chi connectivity index (χ3v) is 5.03. The van der Waals surface area contributed by atoms with Gasteiger partial charge in [-0.05, 0) is 36.8 Å². The minimum Gasteiger partial charge on any atom is -0.386 e. The van der Waals surface area contributed by atoms with Gasteiger partial charge in [0.25, 0.3) is 0 Å². The van der Waals surface area contributed by atoms with Gasteiger partial charge in [0.15, 0.2) is 0 Å². The van der Waals surface area contributed by atoms with Crippen LogP contribution < -0.4 is 0 Å². The Morgan fingerprint density at radius 2 is 1.23 bits per heavy atom. The molecule has 3 heteroatoms. The number of allylic oxidation sites excluding steroid dienone is 1. The molecule has 1 heterocycles. The van der Waals surface area contributed by atoms with Crippen molar-refractivity contribution in [1.82, 2.24) is 0 Å². The van der Waals surface area contributed by atoms with Crippen molar-refractivity contribution >= 4 is 17.5 Å². The summed E-state index contributed by atoms with van der Waals surface area (Å²) in [5, 5.41) is 0. The smallest absolute Gasteiger partial charge is 0.347 e. The van der Waals surface area contributed by atoms with E-state index in [1.807, 2.05) is 60.7 Å². The number of carbonyl (C=O) groups excluding carboxylic acids is 2. The van der Waals surface area contributed by atoms with E-state index < -0.39 is 11.9 Å². The van der Waals surface area contributed by atoms with Crippen LogP contribution in [0.1, 0.15) is 43.2 Å². The Morgan fingerprint density at radius 1 is 0.692 bits per heavy atom. The number of ether oxygens (including phenoxy) is 1. The van der Waals surface area contributed by atoms with E-state index in [2.05, 4.69) is 0 Å². The van der Waals surface area contributed by atoms with Gasteiger partial charge in [-0.1, -0.05) is 72.7 Å². The first-order chi connectivity index (χ1) is 12.8. The molecular formula is C23H20O3. The highest BCUT2D eigenvalue weighted by Gasteiger charge is 2.38. The zero-order valence-corrected chi connectivity index (χ0v) is 14.5. The van der Waals surface area contributed by atoms with Crippen LogP contribution >= 0.6 is 0 Å². The summed E-state index contributed by atoms with van der Waals surface area (Å²) in [6.45, 7) is 0. The molecule has 0 bridgehead atoms. The van der Waals surface area contributed by atoms with Gasteiger partial charge in [-0.3, -0.25) is 0 Å². The van der Waals surface area contributed by atoms with Crippen LogP contribution in [-0.2, 0) is 14.3 Å². The molecule has 0 N–H and O–H groups in total. The highest BCUT2D eigenvalue weighted by Crippen LogP contribution is 2.39. The number of hydrogen-bond acceptors (Lipinski definition) is 3. The van der Waals surface area contributed by atoms with Crippen LogP contribution in [0.4, 0.5) is 0 Å². The molecule has 2 aromatic carbocycles. The number of rotatable bonds is 2. The lowest BCUT2D eigenvalue weighted by molar-refractivity contribution is -0.149. The van der Waals surface area contributed by atoms with Gasteiger partial charge in [0, 0.05) is 5.57 Å². The summed E-state index contributed by atoms with van der Waals surface area (Å²) in [5.41, 5.74) is 4.58. The van der Waals surface area contributed by atoms with Crippen LogP contribution in [0.25, 0.3) is 5.57 Å². The normalized spacial score (nSPS) is 17.5. The summed E-state index contributed by atoms with van der Waals surface area (Å²) < 4.78 is 5.07. The lowest BCUT2D eigenvalue weighted by atomic mass is 9.84. The van der Waals surface area contributed by atoms with Crippen molar-refractivity contribution in [2.45, 2.75) is 32.1 Å². The zero-order valence-electron chi connectivity index (χ0n) is 14.5. The lowest BCUT2D eigenvalue weighted by Crippen LogP contribution is -2.06. The Labute approximate surface area is 153 Å². The molecule has 0 radical (unpaired) electrons. The average Bonchev–Trinajstić information content (AvgIpc) is 2.98. The molecule has 1 saturated heterocycles. The monoisotopic (exact) mass is 344 g/mol. The molecule has 1 aliphatic heterocycles. The van der Waals surface area contributed by atoms with Gasteiger partial charge in [-0.2, -0.15) is 0 Å². The Hall–Kier alpha value is -2.94. The van der Waals surface area contributed by atoms with Gasteiger partial charge in [-0.15, -0.1) is 0 Å². The van der Waals surface area contributed by atoms with Gasteiger partial charge >= 0.3 is 11.9 Å². The van der Waals surface area contributed by atoms with E-state index in [1.165, 1.54) is 6.42 Å². The molecular weight excluding hydrogens is 324 g/mol. The molecule has 1 saturated carbocycles. The van der Waals surface area contributed by atoms with Crippen LogP contribution in [0.3, 0.4) is 0 Å². The molecule has 4 rings (SSSR count). The Morgan fingerprint density at radius 3 is 1.77 bits per heavy atom. The molecule has 26 heavy (non-hydrogen) atoms. The number of cyclic esters (lactones) is 2. The third-order valence-electron chi connectivity index (χ3n) is 5.03. The number of carbonyl (C=O) groups is 2. The fourth-order valence-electron chi connectivity index (χ4n) is 3.83. The number of esters is 2. The fourth-order valence-corrected chi connectivity index (χ4v) is 3.83. The standard InChI is InChI=1S/C23H20O3/c24-22-20(18-14-8-3-9-15-18)21(23(25)26-22)19(16-10-4-1-5-11-16)17-12-6-2-7-13-17/h1-2,4-7,10-13H,3,8-9,14-15H2. The van der Waals surface area contributed by atoms with E-state index in [0.717, 1.165) is 48.0 Å². The predicted molar refractivity (Wildman–Crippen MR) is 100 cm³/mol. The van der Waals surface area contributed by atoms with Gasteiger partial charge in [0.05, 0.1) is 11.1 Å². The molecule has 0 unspecified atom stereocenters. The molecule has 0 aromatic heterocycles. The molecule has 2 fully saturated rings. The molecule has 0 spiro atoms. The van der Waals surface area contributed by atoms with E-state index in [9.17, 15) is 9.59 Å². The predicted octanol–water partition coefficient (Wildman–Crippen LogP) is 4.83. The summed E-state index contributed by atoms with van der Waals surface area (Å²) in [4.78, 5) is 25.2. The first kappa shape index (κ1) is 16.5. The molecule has 3 nitrogen and oxygen atoms in total. The Kier molecular flexibility index (Phi) is 4.53. The maximum atomic E-state index is 12.7. The van der Waals surface area contributed by atoms with E-state index in [0.29, 0.717) is 11.1 Å². The Bertz CT molecular complexity index is 855. The van der Waals surface area contributed by atoms with Gasteiger partial charge in [-0.25, -0.2) is 9.59 Å². The van der Waals surface area contributed by atoms with Gasteiger partial charge in [0.2, 0.25) is 0 Å². The van der Waals surface area contributed by atoms with E-state index in [4.69, 9.17) is 4.74 Å². The zero-order chi connectivity index (χ0) is 17.9. The third kappa shape index (κ3) is 3.01. The highest BCUT2D eigenvalue weighted by molar-refractivity contribution is 6.23. The van der Waals surface area contributed by atoms with Crippen LogP contribution in [0.5, 0.6) is 0 Å². The van der Waals surface area contributed by atoms with Crippen molar-refractivity contribution in [1.29, 1.82) is 0 Å². The van der Waals surface area contributed by atoms with E-state index >= 15 is 0 Å². The molecule has 130 valence electrons. The minimum atomic E-state index is -0.536. The van der Waals surface area contributed by atoms with Crippen LogP contribution in [0, 0.1) is 0 Å². The lowest BCUT2D eigenvalue weighted by Gasteiger charge is -2.17. The molecule has 2 aliphatic rings. The summed E-state index contributed by atoms with van der Waals surface area (Å²) in [5.74, 6) is -1.03. The first-order valence-electron chi connectivity index (χ1n) is 9.09. The average molecular weight is 344 g/mol. The highest BCUT2D eigenvalue weighted by atomic mass is 16.6. The second-order valence-electron chi connectivity index (χ2n) is 6.70. The van der Waals surface area contributed by atoms with Crippen LogP contribution in [0.2, 0.25) is 0 Å². The number of benzene rings is 2. The summed E-state index contributed by atoms with van der Waals surface area (Å²) in [6.07, 6.45) is 5.00. The van der Waals surface area contributed by atoms with Crippen LogP contribution in [0.15, 0.2) is 77.4 Å². The molecule has 0 amide bonds. The fraction of sp³-hybridized carbons (Fsp3) is 0.217. The van der Waals surface area contributed by atoms with Crippen molar-refractivity contribution in [3.05, 3.63) is 88.5 Å². The summed E-state index contributed by atoms with van der Waals surface area (Å²) in [7, 11) is 0. The van der Waals surface area contributed by atoms with Crippen molar-refractivity contribution in [3.8, 4) is 0 Å². The van der Waals surface area contributed by atoms with Crippen LogP contribution in [-0.4, -0.2) is 11.9 Å². The molecule has 2 aromatic rings. The van der Waals surface area contributed by atoms with Gasteiger partial charge in [0.1, 0.15) is 0 Å². The molecule has 0 atom stereocenters. The van der Waals surface area contributed by atoms with Crippen molar-refractivity contribution in [2.75, 3.05) is 0 Å². The SMILES string of the molecule is O=C1OC(=O)C(=C(c2ccccc2)c2ccccc2)C1=C1CCCCC1. The maximum Gasteiger partial charge on any atom is 0.347 e. The second-order valence-corrected chi connectivity index (χ2v) is 6.70.